The van der Waals surface area contributed by atoms with E-state index in [0.717, 1.165) is 23.2 Å². The number of hydrogen-bond donors (Lipinski definition) is 1. The van der Waals surface area contributed by atoms with E-state index >= 15 is 0 Å². The van der Waals surface area contributed by atoms with Crippen LogP contribution < -0.4 is 10.2 Å². The van der Waals surface area contributed by atoms with Crippen molar-refractivity contribution >= 4 is 29.1 Å². The Bertz CT molecular complexity index is 1060. The van der Waals surface area contributed by atoms with E-state index in [0.29, 0.717) is 4.90 Å². The fourth-order valence-corrected chi connectivity index (χ4v) is 3.13. The maximum absolute atomic E-state index is 13.7. The Labute approximate surface area is 161 Å². The molecule has 148 valence electrons. The predicted molar refractivity (Wildman–Crippen MR) is 93.0 cm³/mol. The monoisotopic (exact) mass is 403 g/mol. The van der Waals surface area contributed by atoms with Crippen LogP contribution in [-0.4, -0.2) is 41.4 Å². The lowest BCUT2D eigenvalue weighted by Crippen LogP contribution is -2.43. The van der Waals surface area contributed by atoms with Gasteiger partial charge in [-0.15, -0.1) is 0 Å². The molecule has 2 aromatic carbocycles. The number of benzene rings is 2. The van der Waals surface area contributed by atoms with E-state index in [1.807, 2.05) is 0 Å². The van der Waals surface area contributed by atoms with Crippen LogP contribution in [0.3, 0.4) is 0 Å². The molecule has 4 rings (SSSR count). The van der Waals surface area contributed by atoms with Gasteiger partial charge >= 0.3 is 0 Å². The zero-order valence-electron chi connectivity index (χ0n) is 14.6. The molecule has 11 heteroatoms. The summed E-state index contributed by atoms with van der Waals surface area (Å²) < 4.78 is 40.3. The van der Waals surface area contributed by atoms with E-state index in [1.54, 1.807) is 0 Å². The minimum absolute atomic E-state index is 0.0533. The molecule has 2 aliphatic rings. The summed E-state index contributed by atoms with van der Waals surface area (Å²) in [6.45, 7) is -0.469. The highest BCUT2D eigenvalue weighted by Crippen LogP contribution is 2.32. The molecule has 2 unspecified atom stereocenters. The Kier molecular flexibility index (Phi) is 4.49. The second-order valence-corrected chi connectivity index (χ2v) is 6.33. The maximum atomic E-state index is 13.7. The number of nitrogens with one attached hydrogen (secondary N) is 1. The minimum atomic E-state index is -1.22. The summed E-state index contributed by atoms with van der Waals surface area (Å²) >= 11 is 0. The molecule has 0 aliphatic carbocycles. The van der Waals surface area contributed by atoms with Gasteiger partial charge < -0.3 is 5.32 Å². The molecule has 8 nitrogen and oxygen atoms in total. The third-order valence-corrected chi connectivity index (χ3v) is 4.47. The predicted octanol–water partition coefficient (Wildman–Crippen LogP) is 2.04. The number of rotatable bonds is 4. The molecule has 2 heterocycles. The minimum Gasteiger partial charge on any atom is -0.322 e. The number of carbonyl (C=O) groups is 3. The lowest BCUT2D eigenvalue weighted by molar-refractivity contribution is -0.123. The molecule has 2 aliphatic heterocycles. The topological polar surface area (TPSA) is 94.4 Å². The van der Waals surface area contributed by atoms with Gasteiger partial charge in [-0.3, -0.25) is 19.4 Å². The van der Waals surface area contributed by atoms with Gasteiger partial charge in [0.25, 0.3) is 11.8 Å². The molecule has 1 N–H and O–H groups in total. The van der Waals surface area contributed by atoms with Crippen LogP contribution in [0.15, 0.2) is 52.8 Å². The first kappa shape index (κ1) is 18.6. The second kappa shape index (κ2) is 7.00. The Morgan fingerprint density at radius 2 is 1.76 bits per heavy atom. The van der Waals surface area contributed by atoms with Crippen molar-refractivity contribution < 1.29 is 27.6 Å². The van der Waals surface area contributed by atoms with Gasteiger partial charge in [-0.25, -0.2) is 18.1 Å². The molecule has 29 heavy (non-hydrogen) atoms. The molecule has 1 saturated heterocycles. The highest BCUT2D eigenvalue weighted by atomic mass is 19.2. The first-order valence-corrected chi connectivity index (χ1v) is 8.41. The summed E-state index contributed by atoms with van der Waals surface area (Å²) in [5.41, 5.74) is -0.207. The van der Waals surface area contributed by atoms with Gasteiger partial charge in [0, 0.05) is 6.07 Å². The number of nitrogens with zero attached hydrogens (tertiary/aromatic N) is 4. The Morgan fingerprint density at radius 1 is 1.00 bits per heavy atom. The maximum Gasteiger partial charge on any atom is 0.263 e. The van der Waals surface area contributed by atoms with Crippen molar-refractivity contribution in [3.05, 3.63) is 59.9 Å². The normalized spacial score (nSPS) is 20.4. The molecule has 2 aromatic rings. The van der Waals surface area contributed by atoms with Gasteiger partial charge in [0.2, 0.25) is 5.91 Å². The summed E-state index contributed by atoms with van der Waals surface area (Å²) in [6, 6.07) is 5.69. The fraction of sp³-hybridized carbons (Fsp3) is 0.167. The third kappa shape index (κ3) is 3.20. The van der Waals surface area contributed by atoms with Crippen molar-refractivity contribution in [2.45, 2.75) is 12.1 Å². The molecule has 0 spiro atoms. The summed E-state index contributed by atoms with van der Waals surface area (Å²) in [5, 5.41) is 10.7. The number of amides is 3. The quantitative estimate of drug-likeness (QED) is 0.791. The van der Waals surface area contributed by atoms with Gasteiger partial charge in [0.15, 0.2) is 23.7 Å². The van der Waals surface area contributed by atoms with Crippen molar-refractivity contribution in [2.24, 2.45) is 10.3 Å². The van der Waals surface area contributed by atoms with Crippen LogP contribution in [0.4, 0.5) is 24.5 Å². The number of halogens is 3. The van der Waals surface area contributed by atoms with Crippen LogP contribution in [0.1, 0.15) is 0 Å². The van der Waals surface area contributed by atoms with Gasteiger partial charge in [-0.2, -0.15) is 5.11 Å². The van der Waals surface area contributed by atoms with Crippen LogP contribution in [0.25, 0.3) is 0 Å². The standard InChI is InChI=1S/C18H12F3N5O3/c19-10-6-5-9(7-12(10)21)26-17(28)15-16(18(26)29)25(24-23-15)8-14(27)22-13-4-2-1-3-11(13)20/h1-7,15-16H,8H2,(H,22,27). The van der Waals surface area contributed by atoms with Gasteiger partial charge in [-0.05, 0) is 24.3 Å². The van der Waals surface area contributed by atoms with Gasteiger partial charge in [0.05, 0.1) is 11.4 Å². The largest absolute Gasteiger partial charge is 0.322 e. The molecular weight excluding hydrogens is 391 g/mol. The summed E-state index contributed by atoms with van der Waals surface area (Å²) in [4.78, 5) is 38.1. The van der Waals surface area contributed by atoms with E-state index < -0.39 is 53.8 Å². The van der Waals surface area contributed by atoms with Crippen molar-refractivity contribution in [1.82, 2.24) is 5.01 Å². The van der Waals surface area contributed by atoms with E-state index in [9.17, 15) is 27.6 Å². The zero-order chi connectivity index (χ0) is 20.7. The molecule has 0 bridgehead atoms. The molecule has 0 radical (unpaired) electrons. The Hall–Kier alpha value is -3.76. The summed E-state index contributed by atoms with van der Waals surface area (Å²) in [7, 11) is 0. The highest BCUT2D eigenvalue weighted by molar-refractivity contribution is 6.25. The average Bonchev–Trinajstić information content (AvgIpc) is 3.20. The number of hydrogen-bond acceptors (Lipinski definition) is 6. The van der Waals surface area contributed by atoms with Crippen molar-refractivity contribution in [3.63, 3.8) is 0 Å². The van der Waals surface area contributed by atoms with Crippen LogP contribution in [0.2, 0.25) is 0 Å². The van der Waals surface area contributed by atoms with Crippen LogP contribution >= 0.6 is 0 Å². The van der Waals surface area contributed by atoms with E-state index in [2.05, 4.69) is 15.7 Å². The number of para-hydroxylation sites is 1. The van der Waals surface area contributed by atoms with E-state index in [4.69, 9.17) is 0 Å². The van der Waals surface area contributed by atoms with E-state index in [-0.39, 0.29) is 11.4 Å². The SMILES string of the molecule is O=C(CN1N=NC2C(=O)N(c3ccc(F)c(F)c3)C(=O)C21)Nc1ccccc1F. The average molecular weight is 403 g/mol. The molecule has 2 atom stereocenters. The number of fused-ring (bicyclic) bond motifs is 1. The number of imide groups is 1. The highest BCUT2D eigenvalue weighted by Gasteiger charge is 2.55. The summed E-state index contributed by atoms with van der Waals surface area (Å²) in [6.07, 6.45) is 0. The molecule has 0 aromatic heterocycles. The van der Waals surface area contributed by atoms with Crippen molar-refractivity contribution in [2.75, 3.05) is 16.8 Å². The fourth-order valence-electron chi connectivity index (χ4n) is 3.13. The molecule has 0 saturated carbocycles. The molecule has 3 amide bonds. The third-order valence-electron chi connectivity index (χ3n) is 4.47. The van der Waals surface area contributed by atoms with Crippen LogP contribution in [-0.2, 0) is 14.4 Å². The summed E-state index contributed by atoms with van der Waals surface area (Å²) in [5.74, 6) is -5.22. The number of anilines is 2. The van der Waals surface area contributed by atoms with Crippen LogP contribution in [0, 0.1) is 17.5 Å². The van der Waals surface area contributed by atoms with Crippen molar-refractivity contribution in [1.29, 1.82) is 0 Å². The Balaban J connectivity index is 1.51. The molecule has 1 fully saturated rings. The first-order valence-electron chi connectivity index (χ1n) is 8.41. The second-order valence-electron chi connectivity index (χ2n) is 6.33. The van der Waals surface area contributed by atoms with Gasteiger partial charge in [0.1, 0.15) is 12.4 Å². The lowest BCUT2D eigenvalue weighted by atomic mass is 10.1. The number of carbonyl (C=O) groups excluding carboxylic acids is 3. The first-order chi connectivity index (χ1) is 13.9. The van der Waals surface area contributed by atoms with Crippen LogP contribution in [0.5, 0.6) is 0 Å². The van der Waals surface area contributed by atoms with Crippen molar-refractivity contribution in [3.8, 4) is 0 Å². The van der Waals surface area contributed by atoms with E-state index in [1.165, 1.54) is 24.3 Å². The Morgan fingerprint density at radius 3 is 2.48 bits per heavy atom. The smallest absolute Gasteiger partial charge is 0.263 e. The van der Waals surface area contributed by atoms with Gasteiger partial charge in [-0.1, -0.05) is 17.4 Å². The molecular formula is C18H12F3N5O3. The zero-order valence-corrected chi connectivity index (χ0v) is 14.6. The lowest BCUT2D eigenvalue weighted by Gasteiger charge is -2.20.